The molecular formula is C22H25N3O3S2. The number of morpholine rings is 1. The number of hydrogen-bond donors (Lipinski definition) is 0. The van der Waals surface area contributed by atoms with Crippen molar-refractivity contribution in [1.29, 1.82) is 0 Å². The van der Waals surface area contributed by atoms with Crippen molar-refractivity contribution in [2.45, 2.75) is 42.0 Å². The van der Waals surface area contributed by atoms with Crippen LogP contribution in [0.3, 0.4) is 0 Å². The van der Waals surface area contributed by atoms with Crippen LogP contribution in [0, 0.1) is 17.8 Å². The van der Waals surface area contributed by atoms with Crippen LogP contribution < -0.4 is 4.87 Å². The van der Waals surface area contributed by atoms with Crippen molar-refractivity contribution in [3.63, 3.8) is 0 Å². The molecule has 4 heterocycles. The van der Waals surface area contributed by atoms with Gasteiger partial charge in [-0.15, -0.1) is 11.8 Å². The summed E-state index contributed by atoms with van der Waals surface area (Å²) >= 11 is 3.23. The molecule has 0 radical (unpaired) electrons. The molecule has 2 aromatic heterocycles. The van der Waals surface area contributed by atoms with E-state index in [0.29, 0.717) is 37.5 Å². The van der Waals surface area contributed by atoms with Crippen molar-refractivity contribution in [2.75, 3.05) is 26.3 Å². The Kier molecular flexibility index (Phi) is 4.77. The Morgan fingerprint density at radius 1 is 1.23 bits per heavy atom. The fourth-order valence-electron chi connectivity index (χ4n) is 6.07. The summed E-state index contributed by atoms with van der Waals surface area (Å²) in [4.78, 5) is 33.3. The minimum atomic E-state index is -0.00433. The SMILES string of the molecule is O=C(Cn1c2c(sc1=O)[C@H](c1cccnc1)C1C3CCC(C3)C1S2)N1CCOCC1. The highest BCUT2D eigenvalue weighted by Crippen LogP contribution is 2.63. The Balaban J connectivity index is 1.40. The van der Waals surface area contributed by atoms with Crippen molar-refractivity contribution < 1.29 is 9.53 Å². The van der Waals surface area contributed by atoms with E-state index < -0.39 is 0 Å². The average molecular weight is 444 g/mol. The molecule has 4 aliphatic rings. The maximum absolute atomic E-state index is 13.1. The van der Waals surface area contributed by atoms with E-state index in [4.69, 9.17) is 4.74 Å². The summed E-state index contributed by atoms with van der Waals surface area (Å²) in [6, 6.07) is 4.16. The number of nitrogens with zero attached hydrogens (tertiary/aromatic N) is 3. The number of thiazole rings is 1. The molecule has 8 heteroatoms. The number of aromatic nitrogens is 2. The second-order valence-electron chi connectivity index (χ2n) is 8.87. The highest BCUT2D eigenvalue weighted by atomic mass is 32.2. The standard InChI is InChI=1S/C22H25N3O3S2/c26-16(24-6-8-28-9-7-24)12-25-21-20(30-22(25)27)18(15-2-1-5-23-11-15)17-13-3-4-14(10-13)19(17)29-21/h1-2,5,11,13-14,17-19H,3-4,6-10,12H2/t13?,14?,17?,18-,19?/m1/s1. The van der Waals surface area contributed by atoms with E-state index in [1.54, 1.807) is 4.57 Å². The van der Waals surface area contributed by atoms with Gasteiger partial charge >= 0.3 is 4.87 Å². The summed E-state index contributed by atoms with van der Waals surface area (Å²) in [7, 11) is 0. The van der Waals surface area contributed by atoms with Crippen molar-refractivity contribution in [3.8, 4) is 0 Å². The third kappa shape index (κ3) is 2.99. The molecule has 2 saturated carbocycles. The molecule has 3 fully saturated rings. The van der Waals surface area contributed by atoms with E-state index in [2.05, 4.69) is 11.1 Å². The Morgan fingerprint density at radius 2 is 2.07 bits per heavy atom. The van der Waals surface area contributed by atoms with Gasteiger partial charge in [-0.3, -0.25) is 19.1 Å². The topological polar surface area (TPSA) is 64.4 Å². The molecule has 158 valence electrons. The number of carbonyl (C=O) groups excluding carboxylic acids is 1. The summed E-state index contributed by atoms with van der Waals surface area (Å²) < 4.78 is 7.13. The van der Waals surface area contributed by atoms with Crippen LogP contribution in [-0.2, 0) is 16.1 Å². The van der Waals surface area contributed by atoms with E-state index in [-0.39, 0.29) is 23.2 Å². The number of pyridine rings is 1. The zero-order valence-corrected chi connectivity index (χ0v) is 18.4. The van der Waals surface area contributed by atoms with Crippen molar-refractivity contribution in [2.24, 2.45) is 17.8 Å². The normalized spacial score (nSPS) is 32.1. The molecule has 2 aliphatic carbocycles. The minimum absolute atomic E-state index is 0.00433. The molecule has 30 heavy (non-hydrogen) atoms. The van der Waals surface area contributed by atoms with Gasteiger partial charge in [0.15, 0.2) is 0 Å². The number of fused-ring (bicyclic) bond motifs is 6. The number of amides is 1. The Morgan fingerprint density at radius 3 is 2.87 bits per heavy atom. The predicted octanol–water partition coefficient (Wildman–Crippen LogP) is 2.82. The van der Waals surface area contributed by atoms with Crippen LogP contribution >= 0.6 is 23.1 Å². The molecule has 2 aliphatic heterocycles. The van der Waals surface area contributed by atoms with E-state index in [1.807, 2.05) is 35.1 Å². The van der Waals surface area contributed by atoms with Gasteiger partial charge in [0.1, 0.15) is 6.54 Å². The maximum Gasteiger partial charge on any atom is 0.308 e. The van der Waals surface area contributed by atoms with Crippen LogP contribution in [0.2, 0.25) is 0 Å². The summed E-state index contributed by atoms with van der Waals surface area (Å²) in [6.07, 6.45) is 7.71. The van der Waals surface area contributed by atoms with Gasteiger partial charge in [0.25, 0.3) is 0 Å². The van der Waals surface area contributed by atoms with Crippen molar-refractivity contribution in [3.05, 3.63) is 44.6 Å². The van der Waals surface area contributed by atoms with Gasteiger partial charge < -0.3 is 9.64 Å². The molecule has 2 bridgehead atoms. The second-order valence-corrected chi connectivity index (χ2v) is 11.0. The highest BCUT2D eigenvalue weighted by Gasteiger charge is 2.55. The second kappa shape index (κ2) is 7.50. The first-order chi connectivity index (χ1) is 14.7. The van der Waals surface area contributed by atoms with Crippen LogP contribution in [-0.4, -0.2) is 51.9 Å². The van der Waals surface area contributed by atoms with Crippen molar-refractivity contribution in [1.82, 2.24) is 14.5 Å². The predicted molar refractivity (Wildman–Crippen MR) is 116 cm³/mol. The van der Waals surface area contributed by atoms with Crippen LogP contribution in [0.25, 0.3) is 0 Å². The lowest BCUT2D eigenvalue weighted by molar-refractivity contribution is -0.136. The van der Waals surface area contributed by atoms with E-state index in [0.717, 1.165) is 21.7 Å². The molecule has 6 rings (SSSR count). The van der Waals surface area contributed by atoms with E-state index in [1.165, 1.54) is 36.2 Å². The van der Waals surface area contributed by atoms with Gasteiger partial charge in [-0.2, -0.15) is 0 Å². The zero-order valence-electron chi connectivity index (χ0n) is 16.7. The van der Waals surface area contributed by atoms with Gasteiger partial charge in [0.05, 0.1) is 18.2 Å². The third-order valence-electron chi connectivity index (χ3n) is 7.39. The summed E-state index contributed by atoms with van der Waals surface area (Å²) in [5.74, 6) is 2.30. The maximum atomic E-state index is 13.1. The van der Waals surface area contributed by atoms with Gasteiger partial charge in [-0.25, -0.2) is 0 Å². The highest BCUT2D eigenvalue weighted by molar-refractivity contribution is 8.00. The number of thioether (sulfide) groups is 1. The fraction of sp³-hybridized carbons (Fsp3) is 0.591. The Labute approximate surface area is 183 Å². The molecule has 0 N–H and O–H groups in total. The lowest BCUT2D eigenvalue weighted by Gasteiger charge is -2.40. The first kappa shape index (κ1) is 19.1. The van der Waals surface area contributed by atoms with Crippen LogP contribution in [0.4, 0.5) is 0 Å². The molecular weight excluding hydrogens is 418 g/mol. The molecule has 4 unspecified atom stereocenters. The lowest BCUT2D eigenvalue weighted by atomic mass is 9.75. The van der Waals surface area contributed by atoms with Crippen LogP contribution in [0.15, 0.2) is 34.3 Å². The minimum Gasteiger partial charge on any atom is -0.378 e. The lowest BCUT2D eigenvalue weighted by Crippen LogP contribution is -2.43. The van der Waals surface area contributed by atoms with Gasteiger partial charge in [-0.05, 0) is 48.6 Å². The fourth-order valence-corrected chi connectivity index (χ4v) is 9.22. The average Bonchev–Trinajstić information content (AvgIpc) is 3.48. The largest absolute Gasteiger partial charge is 0.378 e. The molecule has 5 atom stereocenters. The van der Waals surface area contributed by atoms with Crippen molar-refractivity contribution >= 4 is 29.0 Å². The summed E-state index contributed by atoms with van der Waals surface area (Å²) in [6.45, 7) is 2.52. The van der Waals surface area contributed by atoms with Crippen LogP contribution in [0.1, 0.15) is 35.6 Å². The molecule has 0 spiro atoms. The van der Waals surface area contributed by atoms with Gasteiger partial charge in [-0.1, -0.05) is 17.4 Å². The first-order valence-corrected chi connectivity index (χ1v) is 12.6. The number of hydrogen-bond acceptors (Lipinski definition) is 6. The summed E-state index contributed by atoms with van der Waals surface area (Å²) in [5, 5.41) is 1.58. The number of ether oxygens (including phenoxy) is 1. The first-order valence-electron chi connectivity index (χ1n) is 10.9. The molecule has 6 nitrogen and oxygen atoms in total. The quantitative estimate of drug-likeness (QED) is 0.730. The molecule has 1 saturated heterocycles. The third-order valence-corrected chi connectivity index (χ3v) is 10.2. The van der Waals surface area contributed by atoms with E-state index >= 15 is 0 Å². The monoisotopic (exact) mass is 443 g/mol. The van der Waals surface area contributed by atoms with E-state index in [9.17, 15) is 9.59 Å². The van der Waals surface area contributed by atoms with Crippen LogP contribution in [0.5, 0.6) is 0 Å². The zero-order chi connectivity index (χ0) is 20.2. The Bertz CT molecular complexity index is 1010. The molecule has 2 aromatic rings. The smallest absolute Gasteiger partial charge is 0.308 e. The Hall–Kier alpha value is -1.64. The summed E-state index contributed by atoms with van der Waals surface area (Å²) in [5.41, 5.74) is 1.22. The number of rotatable bonds is 3. The number of carbonyl (C=O) groups is 1. The van der Waals surface area contributed by atoms with Gasteiger partial charge in [0, 0.05) is 41.5 Å². The van der Waals surface area contributed by atoms with Gasteiger partial charge in [0.2, 0.25) is 5.91 Å². The molecule has 0 aromatic carbocycles. The molecule has 1 amide bonds.